The van der Waals surface area contributed by atoms with Gasteiger partial charge >= 0.3 is 12.2 Å². The maximum Gasteiger partial charge on any atom is 0.509 e. The monoisotopic (exact) mass is 466 g/mol. The lowest BCUT2D eigenvalue weighted by atomic mass is 9.99. The number of nitrogens with one attached hydrogen (secondary N) is 2. The van der Waals surface area contributed by atoms with Crippen LogP contribution in [0.4, 0.5) is 9.59 Å². The van der Waals surface area contributed by atoms with Gasteiger partial charge < -0.3 is 24.8 Å². The van der Waals surface area contributed by atoms with E-state index in [9.17, 15) is 9.59 Å². The zero-order valence-corrected chi connectivity index (χ0v) is 20.1. The van der Waals surface area contributed by atoms with Crippen molar-refractivity contribution >= 4 is 12.2 Å². The topological polar surface area (TPSA) is 85.9 Å². The zero-order valence-electron chi connectivity index (χ0n) is 20.1. The maximum atomic E-state index is 12.6. The first-order valence-electron chi connectivity index (χ1n) is 12.0. The predicted molar refractivity (Wildman–Crippen MR) is 129 cm³/mol. The van der Waals surface area contributed by atoms with Gasteiger partial charge in [0.1, 0.15) is 5.60 Å². The van der Waals surface area contributed by atoms with Crippen molar-refractivity contribution in [3.05, 3.63) is 71.3 Å². The highest BCUT2D eigenvalue weighted by molar-refractivity contribution is 5.67. The third-order valence-corrected chi connectivity index (χ3v) is 5.99. The Hall–Kier alpha value is -3.06. The van der Waals surface area contributed by atoms with Crippen LogP contribution in [-0.4, -0.2) is 42.6 Å². The number of rotatable bonds is 7. The summed E-state index contributed by atoms with van der Waals surface area (Å²) in [7, 11) is 0. The number of alkyl carbamates (subject to hydrolysis) is 1. The van der Waals surface area contributed by atoms with Crippen molar-refractivity contribution in [3.63, 3.8) is 0 Å². The first kappa shape index (κ1) is 24.1. The SMILES string of the molecule is CC(C)(C)OC(=O)O[C@H]1CN[C@H](Cc2ccc(C3CC3)cc2)[C@@H]1OC(=O)NCc1ccccc1. The lowest BCUT2D eigenvalue weighted by molar-refractivity contribution is -0.0518. The molecule has 1 heterocycles. The molecular weight excluding hydrogens is 432 g/mol. The van der Waals surface area contributed by atoms with Gasteiger partial charge in [0, 0.05) is 13.1 Å². The maximum absolute atomic E-state index is 12.6. The fourth-order valence-electron chi connectivity index (χ4n) is 4.14. The summed E-state index contributed by atoms with van der Waals surface area (Å²) in [5, 5.41) is 6.15. The Balaban J connectivity index is 1.40. The van der Waals surface area contributed by atoms with Gasteiger partial charge in [-0.05, 0) is 62.6 Å². The molecule has 0 aromatic heterocycles. The molecule has 7 heteroatoms. The minimum absolute atomic E-state index is 0.193. The Labute approximate surface area is 201 Å². The Morgan fingerprint density at radius 2 is 1.68 bits per heavy atom. The summed E-state index contributed by atoms with van der Waals surface area (Å²) in [6, 6.07) is 18.0. The van der Waals surface area contributed by atoms with Crippen molar-refractivity contribution in [2.75, 3.05) is 6.54 Å². The van der Waals surface area contributed by atoms with Crippen molar-refractivity contribution < 1.29 is 23.8 Å². The molecule has 0 radical (unpaired) electrons. The van der Waals surface area contributed by atoms with Crippen molar-refractivity contribution in [3.8, 4) is 0 Å². The van der Waals surface area contributed by atoms with Crippen LogP contribution < -0.4 is 10.6 Å². The van der Waals surface area contributed by atoms with Crippen LogP contribution in [0.3, 0.4) is 0 Å². The number of amides is 1. The molecule has 1 saturated heterocycles. The van der Waals surface area contributed by atoms with Gasteiger partial charge in [0.15, 0.2) is 12.2 Å². The van der Waals surface area contributed by atoms with Crippen LogP contribution in [0.5, 0.6) is 0 Å². The highest BCUT2D eigenvalue weighted by Crippen LogP contribution is 2.40. The fourth-order valence-corrected chi connectivity index (χ4v) is 4.14. The normalized spacial score (nSPS) is 22.1. The number of benzene rings is 2. The van der Waals surface area contributed by atoms with Gasteiger partial charge in [0.25, 0.3) is 0 Å². The van der Waals surface area contributed by atoms with Crippen LogP contribution in [0.15, 0.2) is 54.6 Å². The van der Waals surface area contributed by atoms with Gasteiger partial charge in [-0.25, -0.2) is 9.59 Å². The predicted octanol–water partition coefficient (Wildman–Crippen LogP) is 4.69. The lowest BCUT2D eigenvalue weighted by Gasteiger charge is -2.26. The number of carbonyl (C=O) groups excluding carboxylic acids is 2. The summed E-state index contributed by atoms with van der Waals surface area (Å²) in [4.78, 5) is 24.9. The number of hydrogen-bond donors (Lipinski definition) is 2. The molecule has 1 aliphatic heterocycles. The highest BCUT2D eigenvalue weighted by atomic mass is 16.7. The van der Waals surface area contributed by atoms with Gasteiger partial charge in [-0.1, -0.05) is 54.6 Å². The third-order valence-electron chi connectivity index (χ3n) is 5.99. The first-order chi connectivity index (χ1) is 16.3. The van der Waals surface area contributed by atoms with E-state index in [4.69, 9.17) is 14.2 Å². The van der Waals surface area contributed by atoms with Crippen molar-refractivity contribution in [2.24, 2.45) is 0 Å². The molecule has 1 amide bonds. The molecule has 0 bridgehead atoms. The average molecular weight is 467 g/mol. The van der Waals surface area contributed by atoms with Crippen LogP contribution >= 0.6 is 0 Å². The summed E-state index contributed by atoms with van der Waals surface area (Å²) in [6.45, 7) is 6.06. The second-order valence-electron chi connectivity index (χ2n) is 10.1. The molecule has 182 valence electrons. The van der Waals surface area contributed by atoms with E-state index in [1.54, 1.807) is 20.8 Å². The van der Waals surface area contributed by atoms with Gasteiger partial charge in [0.05, 0.1) is 6.04 Å². The zero-order chi connectivity index (χ0) is 24.1. The molecule has 0 unspecified atom stereocenters. The Morgan fingerprint density at radius 3 is 2.32 bits per heavy atom. The molecule has 7 nitrogen and oxygen atoms in total. The number of hydrogen-bond acceptors (Lipinski definition) is 6. The fraction of sp³-hybridized carbons (Fsp3) is 0.481. The molecule has 2 fully saturated rings. The van der Waals surface area contributed by atoms with E-state index in [-0.39, 0.29) is 6.04 Å². The van der Waals surface area contributed by atoms with E-state index in [2.05, 4.69) is 34.9 Å². The van der Waals surface area contributed by atoms with Crippen LogP contribution in [0.1, 0.15) is 56.2 Å². The second kappa shape index (κ2) is 10.5. The van der Waals surface area contributed by atoms with Crippen molar-refractivity contribution in [1.29, 1.82) is 0 Å². The molecular formula is C27H34N2O5. The second-order valence-corrected chi connectivity index (χ2v) is 10.1. The quantitative estimate of drug-likeness (QED) is 0.576. The molecule has 3 atom stereocenters. The molecule has 0 spiro atoms. The lowest BCUT2D eigenvalue weighted by Crippen LogP contribution is -2.43. The van der Waals surface area contributed by atoms with Crippen molar-refractivity contribution in [1.82, 2.24) is 10.6 Å². The molecule has 2 aromatic rings. The number of carbonyl (C=O) groups is 2. The molecule has 1 saturated carbocycles. The minimum Gasteiger partial charge on any atom is -0.441 e. The summed E-state index contributed by atoms with van der Waals surface area (Å²) < 4.78 is 16.7. The average Bonchev–Trinajstić information content (AvgIpc) is 3.58. The Morgan fingerprint density at radius 1 is 0.971 bits per heavy atom. The van der Waals surface area contributed by atoms with Crippen LogP contribution in [0.2, 0.25) is 0 Å². The van der Waals surface area contributed by atoms with E-state index < -0.39 is 30.1 Å². The Bertz CT molecular complexity index is 967. The molecule has 34 heavy (non-hydrogen) atoms. The third kappa shape index (κ3) is 6.97. The largest absolute Gasteiger partial charge is 0.509 e. The summed E-state index contributed by atoms with van der Waals surface area (Å²) in [5.74, 6) is 0.703. The molecule has 2 aromatic carbocycles. The van der Waals surface area contributed by atoms with E-state index in [0.717, 1.165) is 11.1 Å². The molecule has 4 rings (SSSR count). The van der Waals surface area contributed by atoms with Crippen molar-refractivity contribution in [2.45, 2.75) is 76.3 Å². The van der Waals surface area contributed by atoms with Crippen LogP contribution in [0.25, 0.3) is 0 Å². The number of ether oxygens (including phenoxy) is 3. The van der Waals surface area contributed by atoms with E-state index >= 15 is 0 Å². The first-order valence-corrected chi connectivity index (χ1v) is 12.0. The van der Waals surface area contributed by atoms with Gasteiger partial charge in [-0.3, -0.25) is 0 Å². The van der Waals surface area contributed by atoms with Crippen LogP contribution in [-0.2, 0) is 27.2 Å². The molecule has 1 aliphatic carbocycles. The summed E-state index contributed by atoms with van der Waals surface area (Å²) in [6.07, 6.45) is 0.564. The van der Waals surface area contributed by atoms with E-state index in [0.29, 0.717) is 25.4 Å². The highest BCUT2D eigenvalue weighted by Gasteiger charge is 2.42. The smallest absolute Gasteiger partial charge is 0.441 e. The minimum atomic E-state index is -0.771. The van der Waals surface area contributed by atoms with E-state index in [1.807, 2.05) is 30.3 Å². The van der Waals surface area contributed by atoms with E-state index in [1.165, 1.54) is 18.4 Å². The van der Waals surface area contributed by atoms with Gasteiger partial charge in [0.2, 0.25) is 0 Å². The standard InChI is InChI=1S/C27H34N2O5/c1-27(2,3)34-26(31)32-23-17-28-22(15-18-9-11-20(12-10-18)21-13-14-21)24(23)33-25(30)29-16-19-7-5-4-6-8-19/h4-12,21-24,28H,13-17H2,1-3H3,(H,29,30)/t22-,23+,24+/m1/s1. The van der Waals surface area contributed by atoms with Gasteiger partial charge in [-0.15, -0.1) is 0 Å². The summed E-state index contributed by atoms with van der Waals surface area (Å²) >= 11 is 0. The molecule has 2 aliphatic rings. The van der Waals surface area contributed by atoms with Gasteiger partial charge in [-0.2, -0.15) is 0 Å². The summed E-state index contributed by atoms with van der Waals surface area (Å²) in [5.41, 5.74) is 2.81. The van der Waals surface area contributed by atoms with Crippen LogP contribution in [0, 0.1) is 0 Å². The Kier molecular flexibility index (Phi) is 7.41. The molecule has 2 N–H and O–H groups in total.